The Kier molecular flexibility index (Phi) is 3.82. The van der Waals surface area contributed by atoms with Crippen molar-refractivity contribution in [2.45, 2.75) is 53.1 Å². The Labute approximate surface area is 147 Å². The van der Waals surface area contributed by atoms with Gasteiger partial charge in [0, 0.05) is 28.6 Å². The molecule has 0 radical (unpaired) electrons. The second-order valence-electron chi connectivity index (χ2n) is 8.64. The second kappa shape index (κ2) is 5.41. The van der Waals surface area contributed by atoms with E-state index in [2.05, 4.69) is 0 Å². The number of rotatable bonds is 1. The van der Waals surface area contributed by atoms with E-state index in [1.807, 2.05) is 34.6 Å². The number of carboxylic acid groups (broad SMARTS) is 1. The summed E-state index contributed by atoms with van der Waals surface area (Å²) in [6.07, 6.45) is 3.90. The van der Waals surface area contributed by atoms with E-state index < -0.39 is 17.0 Å². The molecule has 1 N–H and O–H groups in total. The van der Waals surface area contributed by atoms with E-state index in [0.29, 0.717) is 23.1 Å². The molecule has 25 heavy (non-hydrogen) atoms. The first-order chi connectivity index (χ1) is 11.4. The zero-order valence-electron chi connectivity index (χ0n) is 15.3. The van der Waals surface area contributed by atoms with Crippen molar-refractivity contribution in [2.75, 3.05) is 0 Å². The van der Waals surface area contributed by atoms with E-state index in [1.165, 1.54) is 6.08 Å². The number of carboxylic acids is 1. The van der Waals surface area contributed by atoms with Crippen LogP contribution in [0.5, 0.6) is 0 Å². The second-order valence-corrected chi connectivity index (χ2v) is 8.64. The van der Waals surface area contributed by atoms with Crippen LogP contribution < -0.4 is 0 Å². The monoisotopic (exact) mass is 344 g/mol. The van der Waals surface area contributed by atoms with Gasteiger partial charge in [-0.1, -0.05) is 26.8 Å². The third-order valence-corrected chi connectivity index (χ3v) is 5.49. The van der Waals surface area contributed by atoms with Crippen LogP contribution in [0, 0.1) is 17.3 Å². The first kappa shape index (κ1) is 17.6. The Bertz CT molecular complexity index is 770. The maximum absolute atomic E-state index is 13.0. The van der Waals surface area contributed by atoms with Gasteiger partial charge in [0.2, 0.25) is 5.78 Å². The number of ketones is 2. The van der Waals surface area contributed by atoms with Crippen LogP contribution in [0.25, 0.3) is 0 Å². The Balaban J connectivity index is 2.11. The zero-order valence-corrected chi connectivity index (χ0v) is 15.3. The molecule has 0 spiro atoms. The zero-order chi connectivity index (χ0) is 18.7. The summed E-state index contributed by atoms with van der Waals surface area (Å²) in [6, 6.07) is 0. The molecule has 0 fully saturated rings. The molecule has 0 bridgehead atoms. The van der Waals surface area contributed by atoms with Gasteiger partial charge in [0.1, 0.15) is 5.60 Å². The number of ether oxygens (including phenoxy) is 1. The Morgan fingerprint density at radius 2 is 1.92 bits per heavy atom. The summed E-state index contributed by atoms with van der Waals surface area (Å²) in [4.78, 5) is 37.2. The summed E-state index contributed by atoms with van der Waals surface area (Å²) in [5.41, 5.74) is -0.00428. The van der Waals surface area contributed by atoms with Crippen LogP contribution in [-0.4, -0.2) is 28.2 Å². The summed E-state index contributed by atoms with van der Waals surface area (Å²) in [7, 11) is 0. The van der Waals surface area contributed by atoms with Gasteiger partial charge in [-0.3, -0.25) is 9.59 Å². The van der Waals surface area contributed by atoms with Gasteiger partial charge in [-0.15, -0.1) is 0 Å². The first-order valence-electron chi connectivity index (χ1n) is 8.60. The molecule has 5 nitrogen and oxygen atoms in total. The lowest BCUT2D eigenvalue weighted by molar-refractivity contribution is -0.134. The van der Waals surface area contributed by atoms with Crippen LogP contribution in [0.4, 0.5) is 0 Å². The van der Waals surface area contributed by atoms with Gasteiger partial charge in [-0.2, -0.15) is 0 Å². The molecular weight excluding hydrogens is 320 g/mol. The van der Waals surface area contributed by atoms with Gasteiger partial charge in [0.25, 0.3) is 0 Å². The van der Waals surface area contributed by atoms with E-state index in [9.17, 15) is 19.5 Å². The Morgan fingerprint density at radius 1 is 1.28 bits per heavy atom. The molecule has 1 heterocycles. The molecule has 3 rings (SSSR count). The number of hydrogen-bond acceptors (Lipinski definition) is 4. The fourth-order valence-electron chi connectivity index (χ4n) is 4.12. The Morgan fingerprint density at radius 3 is 2.48 bits per heavy atom. The van der Waals surface area contributed by atoms with Crippen molar-refractivity contribution in [2.24, 2.45) is 17.3 Å². The van der Waals surface area contributed by atoms with Crippen molar-refractivity contribution in [1.82, 2.24) is 0 Å². The van der Waals surface area contributed by atoms with Crippen molar-refractivity contribution >= 4 is 17.5 Å². The normalized spacial score (nSPS) is 28.5. The van der Waals surface area contributed by atoms with E-state index >= 15 is 0 Å². The van der Waals surface area contributed by atoms with E-state index in [4.69, 9.17) is 4.74 Å². The molecule has 2 aliphatic carbocycles. The number of hydrogen-bond donors (Lipinski definition) is 1. The van der Waals surface area contributed by atoms with E-state index in [1.54, 1.807) is 6.08 Å². The highest BCUT2D eigenvalue weighted by Crippen LogP contribution is 2.50. The standard InChI is InChI=1S/C20H24O5/c1-19(2,3)13-9-14(21)15-11-8-10(18(23)24)6-7-12(11)20(4,5)25-17(15)16(13)22/h6,9,11-12H,7-8H2,1-5H3,(H,23,24)/t11?,12-/m1/s1. The number of fused-ring (bicyclic) bond motifs is 2. The number of carbonyl (C=O) groups excluding carboxylic acids is 2. The predicted molar refractivity (Wildman–Crippen MR) is 91.7 cm³/mol. The molecule has 0 amide bonds. The summed E-state index contributed by atoms with van der Waals surface area (Å²) in [5.74, 6) is -1.66. The number of Topliss-reactive ketones (excluding diaryl/α,β-unsaturated/α-hetero) is 1. The number of carbonyl (C=O) groups is 3. The van der Waals surface area contributed by atoms with Crippen LogP contribution >= 0.6 is 0 Å². The maximum Gasteiger partial charge on any atom is 0.331 e. The molecule has 0 saturated carbocycles. The Hall–Kier alpha value is -2.17. The maximum atomic E-state index is 13.0. The van der Waals surface area contributed by atoms with Crippen molar-refractivity contribution in [3.05, 3.63) is 34.6 Å². The van der Waals surface area contributed by atoms with Gasteiger partial charge in [0.15, 0.2) is 11.5 Å². The van der Waals surface area contributed by atoms with Gasteiger partial charge in [-0.05, 0) is 38.2 Å². The van der Waals surface area contributed by atoms with Gasteiger partial charge in [-0.25, -0.2) is 4.79 Å². The molecule has 5 heteroatoms. The van der Waals surface area contributed by atoms with E-state index in [0.717, 1.165) is 0 Å². The fraction of sp³-hybridized carbons (Fsp3) is 0.550. The SMILES string of the molecule is CC(C)(C)C1=CC(=O)C2=C(OC(C)(C)[C@@H]3CC=C(C(=O)O)CC23)C1=O. The van der Waals surface area contributed by atoms with Gasteiger partial charge >= 0.3 is 5.97 Å². The molecule has 0 aromatic heterocycles. The predicted octanol–water partition coefficient (Wildman–Crippen LogP) is 3.21. The highest BCUT2D eigenvalue weighted by molar-refractivity contribution is 6.22. The minimum absolute atomic E-state index is 0.0318. The number of allylic oxidation sites excluding steroid dienone is 4. The quantitative estimate of drug-likeness (QED) is 0.739. The molecule has 0 saturated heterocycles. The number of aliphatic carboxylic acids is 1. The molecule has 0 aromatic rings. The minimum Gasteiger partial charge on any atom is -0.483 e. The van der Waals surface area contributed by atoms with Crippen LogP contribution in [0.1, 0.15) is 47.5 Å². The lowest BCUT2D eigenvalue weighted by Gasteiger charge is -2.48. The fourth-order valence-corrected chi connectivity index (χ4v) is 4.12. The topological polar surface area (TPSA) is 80.7 Å². The van der Waals surface area contributed by atoms with Crippen LogP contribution in [-0.2, 0) is 19.1 Å². The van der Waals surface area contributed by atoms with Crippen LogP contribution in [0.2, 0.25) is 0 Å². The molecule has 134 valence electrons. The molecule has 3 aliphatic rings. The van der Waals surface area contributed by atoms with Crippen LogP contribution in [0.3, 0.4) is 0 Å². The minimum atomic E-state index is -0.967. The molecular formula is C20H24O5. The highest BCUT2D eigenvalue weighted by atomic mass is 16.5. The van der Waals surface area contributed by atoms with Gasteiger partial charge in [0.05, 0.1) is 0 Å². The lowest BCUT2D eigenvalue weighted by Crippen LogP contribution is -2.49. The molecule has 1 aliphatic heterocycles. The van der Waals surface area contributed by atoms with Crippen molar-refractivity contribution in [1.29, 1.82) is 0 Å². The summed E-state index contributed by atoms with van der Waals surface area (Å²) in [5, 5.41) is 9.34. The van der Waals surface area contributed by atoms with Crippen LogP contribution in [0.15, 0.2) is 34.6 Å². The summed E-state index contributed by atoms with van der Waals surface area (Å²) in [6.45, 7) is 9.47. The summed E-state index contributed by atoms with van der Waals surface area (Å²) >= 11 is 0. The average Bonchev–Trinajstić information content (AvgIpc) is 2.48. The van der Waals surface area contributed by atoms with Crippen molar-refractivity contribution in [3.63, 3.8) is 0 Å². The third kappa shape index (κ3) is 2.75. The van der Waals surface area contributed by atoms with E-state index in [-0.39, 0.29) is 35.6 Å². The lowest BCUT2D eigenvalue weighted by atomic mass is 9.64. The first-order valence-corrected chi connectivity index (χ1v) is 8.60. The third-order valence-electron chi connectivity index (χ3n) is 5.49. The molecule has 1 unspecified atom stereocenters. The molecule has 0 aromatic carbocycles. The average molecular weight is 344 g/mol. The highest BCUT2D eigenvalue weighted by Gasteiger charge is 2.51. The van der Waals surface area contributed by atoms with Crippen molar-refractivity contribution < 1.29 is 24.2 Å². The van der Waals surface area contributed by atoms with Gasteiger partial charge < -0.3 is 9.84 Å². The summed E-state index contributed by atoms with van der Waals surface area (Å²) < 4.78 is 6.04. The van der Waals surface area contributed by atoms with Crippen molar-refractivity contribution in [3.8, 4) is 0 Å². The smallest absolute Gasteiger partial charge is 0.331 e. The largest absolute Gasteiger partial charge is 0.483 e. The molecule has 2 atom stereocenters.